The zero-order chi connectivity index (χ0) is 25.4. The fraction of sp³-hybridized carbons (Fsp3) is 0.462. The van der Waals surface area contributed by atoms with E-state index in [1.165, 1.54) is 0 Å². The molecule has 2 aromatic rings. The Bertz CT molecular complexity index is 1020. The van der Waals surface area contributed by atoms with E-state index in [4.69, 9.17) is 23.2 Å². The number of urea groups is 1. The number of carbonyl (C=O) groups is 2. The van der Waals surface area contributed by atoms with Gasteiger partial charge in [-0.25, -0.2) is 4.79 Å². The normalized spacial score (nSPS) is 14.2. The molecule has 1 saturated heterocycles. The summed E-state index contributed by atoms with van der Waals surface area (Å²) >= 11 is 12.0. The average Bonchev–Trinajstić information content (AvgIpc) is 2.84. The summed E-state index contributed by atoms with van der Waals surface area (Å²) < 4.78 is 0. The number of anilines is 3. The first-order valence-corrected chi connectivity index (χ1v) is 13.0. The van der Waals surface area contributed by atoms with Crippen LogP contribution in [0.1, 0.15) is 44.0 Å². The summed E-state index contributed by atoms with van der Waals surface area (Å²) in [7, 11) is 0. The zero-order valence-corrected chi connectivity index (χ0v) is 22.2. The summed E-state index contributed by atoms with van der Waals surface area (Å²) in [5.74, 6) is 0.544. The van der Waals surface area contributed by atoms with Crippen LogP contribution >= 0.6 is 23.2 Å². The standard InChI is InChI=1S/C26H35Cl2N5O2/c1-4-32(5-2)15-12-29-25(34)21-16-19(7-9-24(21)33-13-10-18(3)11-14-33)30-26(35)31-20-6-8-22(27)23(28)17-20/h6-9,16-18H,4-5,10-15H2,1-3H3,(H,29,34)(H2,30,31,35). The van der Waals surface area contributed by atoms with Crippen LogP contribution in [0.2, 0.25) is 10.0 Å². The molecule has 2 aromatic carbocycles. The van der Waals surface area contributed by atoms with Crippen molar-refractivity contribution in [1.82, 2.24) is 10.2 Å². The van der Waals surface area contributed by atoms with Crippen molar-refractivity contribution in [1.29, 1.82) is 0 Å². The smallest absolute Gasteiger partial charge is 0.323 e. The first-order valence-electron chi connectivity index (χ1n) is 12.2. The topological polar surface area (TPSA) is 76.7 Å². The van der Waals surface area contributed by atoms with Gasteiger partial charge < -0.3 is 25.8 Å². The minimum absolute atomic E-state index is 0.140. The Kier molecular flexibility index (Phi) is 10.1. The fourth-order valence-electron chi connectivity index (χ4n) is 4.15. The van der Waals surface area contributed by atoms with Crippen molar-refractivity contribution in [2.45, 2.75) is 33.6 Å². The third kappa shape index (κ3) is 7.75. The average molecular weight is 521 g/mol. The number of benzene rings is 2. The van der Waals surface area contributed by atoms with Crippen LogP contribution in [0.5, 0.6) is 0 Å². The Labute approximate surface area is 218 Å². The minimum Gasteiger partial charge on any atom is -0.371 e. The van der Waals surface area contributed by atoms with Gasteiger partial charge in [0.2, 0.25) is 0 Å². The van der Waals surface area contributed by atoms with E-state index >= 15 is 0 Å². The number of amides is 3. The molecule has 1 aliphatic heterocycles. The van der Waals surface area contributed by atoms with Gasteiger partial charge >= 0.3 is 6.03 Å². The summed E-state index contributed by atoms with van der Waals surface area (Å²) in [6.07, 6.45) is 2.18. The first-order chi connectivity index (χ1) is 16.8. The van der Waals surface area contributed by atoms with E-state index in [1.54, 1.807) is 24.3 Å². The molecule has 0 saturated carbocycles. The lowest BCUT2D eigenvalue weighted by atomic mass is 9.98. The Morgan fingerprint density at radius 3 is 2.23 bits per heavy atom. The van der Waals surface area contributed by atoms with E-state index in [1.807, 2.05) is 12.1 Å². The summed E-state index contributed by atoms with van der Waals surface area (Å²) in [6, 6.07) is 9.93. The molecule has 0 bridgehead atoms. The van der Waals surface area contributed by atoms with Crippen LogP contribution in [0.15, 0.2) is 36.4 Å². The molecule has 35 heavy (non-hydrogen) atoms. The van der Waals surface area contributed by atoms with Crippen molar-refractivity contribution < 1.29 is 9.59 Å². The van der Waals surface area contributed by atoms with Crippen LogP contribution in [-0.2, 0) is 0 Å². The monoisotopic (exact) mass is 519 g/mol. The van der Waals surface area contributed by atoms with Gasteiger partial charge in [0.25, 0.3) is 5.91 Å². The molecular formula is C26H35Cl2N5O2. The number of nitrogens with one attached hydrogen (secondary N) is 3. The van der Waals surface area contributed by atoms with E-state index in [9.17, 15) is 9.59 Å². The molecule has 0 spiro atoms. The number of likely N-dealkylation sites (N-methyl/N-ethyl adjacent to an activating group) is 1. The van der Waals surface area contributed by atoms with Crippen molar-refractivity contribution >= 4 is 52.2 Å². The number of carbonyl (C=O) groups excluding carboxylic acids is 2. The maximum atomic E-state index is 13.2. The van der Waals surface area contributed by atoms with Gasteiger partial charge in [0, 0.05) is 43.2 Å². The highest BCUT2D eigenvalue weighted by molar-refractivity contribution is 6.42. The van der Waals surface area contributed by atoms with E-state index < -0.39 is 6.03 Å². The number of rotatable bonds is 9. The highest BCUT2D eigenvalue weighted by Gasteiger charge is 2.22. The first kappa shape index (κ1) is 27.1. The van der Waals surface area contributed by atoms with Crippen LogP contribution in [0.3, 0.4) is 0 Å². The van der Waals surface area contributed by atoms with Gasteiger partial charge in [-0.3, -0.25) is 4.79 Å². The molecule has 7 nitrogen and oxygen atoms in total. The number of piperidine rings is 1. The third-order valence-electron chi connectivity index (χ3n) is 6.41. The van der Waals surface area contributed by atoms with Gasteiger partial charge in [-0.1, -0.05) is 44.0 Å². The third-order valence-corrected chi connectivity index (χ3v) is 7.15. The van der Waals surface area contributed by atoms with Gasteiger partial charge in [0.05, 0.1) is 15.6 Å². The van der Waals surface area contributed by atoms with Crippen LogP contribution in [0, 0.1) is 5.92 Å². The molecule has 1 heterocycles. The van der Waals surface area contributed by atoms with Gasteiger partial charge in [-0.05, 0) is 68.2 Å². The minimum atomic E-state index is -0.434. The number of nitrogens with zero attached hydrogens (tertiary/aromatic N) is 2. The Balaban J connectivity index is 1.75. The van der Waals surface area contributed by atoms with E-state index in [2.05, 4.69) is 46.5 Å². The molecule has 0 unspecified atom stereocenters. The van der Waals surface area contributed by atoms with Gasteiger partial charge in [0.15, 0.2) is 0 Å². The lowest BCUT2D eigenvalue weighted by Crippen LogP contribution is -2.37. The maximum absolute atomic E-state index is 13.2. The molecule has 0 aliphatic carbocycles. The number of hydrogen-bond acceptors (Lipinski definition) is 4. The van der Waals surface area contributed by atoms with E-state index in [0.717, 1.165) is 51.3 Å². The fourth-order valence-corrected chi connectivity index (χ4v) is 4.45. The van der Waals surface area contributed by atoms with Crippen LogP contribution in [0.25, 0.3) is 0 Å². The second kappa shape index (κ2) is 13.0. The van der Waals surface area contributed by atoms with Crippen molar-refractivity contribution in [2.24, 2.45) is 5.92 Å². The molecule has 9 heteroatoms. The lowest BCUT2D eigenvalue weighted by molar-refractivity contribution is 0.0949. The predicted molar refractivity (Wildman–Crippen MR) is 146 cm³/mol. The van der Waals surface area contributed by atoms with E-state index in [-0.39, 0.29) is 5.91 Å². The molecular weight excluding hydrogens is 485 g/mol. The quantitative estimate of drug-likeness (QED) is 0.382. The van der Waals surface area contributed by atoms with Crippen LogP contribution < -0.4 is 20.9 Å². The van der Waals surface area contributed by atoms with E-state index in [0.29, 0.717) is 39.4 Å². The molecule has 0 atom stereocenters. The number of hydrogen-bond donors (Lipinski definition) is 3. The molecule has 1 aliphatic rings. The SMILES string of the molecule is CCN(CC)CCNC(=O)c1cc(NC(=O)Nc2ccc(Cl)c(Cl)c2)ccc1N1CCC(C)CC1. The molecule has 3 N–H and O–H groups in total. The second-order valence-corrected chi connectivity index (χ2v) is 9.71. The summed E-state index contributed by atoms with van der Waals surface area (Å²) in [4.78, 5) is 30.3. The van der Waals surface area contributed by atoms with Crippen molar-refractivity contribution in [3.63, 3.8) is 0 Å². The van der Waals surface area contributed by atoms with Gasteiger partial charge in [-0.2, -0.15) is 0 Å². The number of halogens is 2. The van der Waals surface area contributed by atoms with Crippen molar-refractivity contribution in [3.8, 4) is 0 Å². The summed E-state index contributed by atoms with van der Waals surface area (Å²) in [5, 5.41) is 9.38. The summed E-state index contributed by atoms with van der Waals surface area (Å²) in [5.41, 5.74) is 2.51. The molecule has 3 rings (SSSR count). The molecule has 0 aromatic heterocycles. The largest absolute Gasteiger partial charge is 0.371 e. The van der Waals surface area contributed by atoms with Gasteiger partial charge in [-0.15, -0.1) is 0 Å². The maximum Gasteiger partial charge on any atom is 0.323 e. The Morgan fingerprint density at radius 1 is 0.971 bits per heavy atom. The van der Waals surface area contributed by atoms with Crippen LogP contribution in [-0.4, -0.2) is 56.1 Å². The molecule has 3 amide bonds. The Morgan fingerprint density at radius 2 is 1.60 bits per heavy atom. The van der Waals surface area contributed by atoms with Crippen molar-refractivity contribution in [3.05, 3.63) is 52.0 Å². The second-order valence-electron chi connectivity index (χ2n) is 8.89. The molecule has 190 valence electrons. The zero-order valence-electron chi connectivity index (χ0n) is 20.7. The highest BCUT2D eigenvalue weighted by Crippen LogP contribution is 2.29. The van der Waals surface area contributed by atoms with Crippen LogP contribution in [0.4, 0.5) is 21.9 Å². The summed E-state index contributed by atoms with van der Waals surface area (Å²) in [6.45, 7) is 11.5. The highest BCUT2D eigenvalue weighted by atomic mass is 35.5. The lowest BCUT2D eigenvalue weighted by Gasteiger charge is -2.33. The molecule has 0 radical (unpaired) electrons. The predicted octanol–water partition coefficient (Wildman–Crippen LogP) is 5.95. The van der Waals surface area contributed by atoms with Crippen molar-refractivity contribution in [2.75, 3.05) is 54.8 Å². The Hall–Kier alpha value is -2.48. The van der Waals surface area contributed by atoms with Gasteiger partial charge in [0.1, 0.15) is 0 Å². The molecule has 1 fully saturated rings.